The molecule has 1 amide bonds. The Labute approximate surface area is 127 Å². The van der Waals surface area contributed by atoms with Crippen LogP contribution in [0.25, 0.3) is 0 Å². The minimum Gasteiger partial charge on any atom is -0.480 e. The third-order valence-corrected chi connectivity index (χ3v) is 2.75. The maximum Gasteiger partial charge on any atom is 0.326 e. The van der Waals surface area contributed by atoms with Gasteiger partial charge in [-0.05, 0) is 31.5 Å². The van der Waals surface area contributed by atoms with Crippen molar-refractivity contribution in [1.82, 2.24) is 5.32 Å². The zero-order valence-electron chi connectivity index (χ0n) is 12.3. The number of carboxylic acids is 1. The van der Waals surface area contributed by atoms with Crippen LogP contribution in [-0.4, -0.2) is 34.8 Å². The van der Waals surface area contributed by atoms with E-state index in [9.17, 15) is 19.2 Å². The Bertz CT molecular complexity index is 595. The van der Waals surface area contributed by atoms with Gasteiger partial charge in [0, 0.05) is 18.9 Å². The van der Waals surface area contributed by atoms with E-state index in [4.69, 9.17) is 9.84 Å². The van der Waals surface area contributed by atoms with Crippen LogP contribution < -0.4 is 10.1 Å². The predicted molar refractivity (Wildman–Crippen MR) is 76.6 cm³/mol. The third-order valence-electron chi connectivity index (χ3n) is 2.75. The lowest BCUT2D eigenvalue weighted by Gasteiger charge is -2.14. The van der Waals surface area contributed by atoms with E-state index in [-0.39, 0.29) is 29.9 Å². The monoisotopic (exact) mass is 307 g/mol. The number of ketones is 1. The van der Waals surface area contributed by atoms with Crippen LogP contribution in [0.1, 0.15) is 37.0 Å². The minimum absolute atomic E-state index is 0.0139. The molecular weight excluding hydrogens is 290 g/mol. The highest BCUT2D eigenvalue weighted by Gasteiger charge is 2.21. The Morgan fingerprint density at radius 3 is 2.45 bits per heavy atom. The first-order valence-electron chi connectivity index (χ1n) is 6.61. The SMILES string of the molecule is CC(=O)CC[C@@H](NC(=O)c1cccc(OC(C)=O)c1)C(=O)O. The van der Waals surface area contributed by atoms with Crippen LogP contribution in [0.4, 0.5) is 0 Å². The number of benzene rings is 1. The van der Waals surface area contributed by atoms with Gasteiger partial charge in [0.25, 0.3) is 5.91 Å². The standard InChI is InChI=1S/C15H17NO6/c1-9(17)6-7-13(15(20)21)16-14(19)11-4-3-5-12(8-11)22-10(2)18/h3-5,8,13H,6-7H2,1-2H3,(H,16,19)(H,20,21)/t13-/m1/s1. The molecule has 1 aromatic carbocycles. The summed E-state index contributed by atoms with van der Waals surface area (Å²) < 4.78 is 4.86. The van der Waals surface area contributed by atoms with Gasteiger partial charge >= 0.3 is 11.9 Å². The third kappa shape index (κ3) is 5.74. The van der Waals surface area contributed by atoms with Crippen LogP contribution >= 0.6 is 0 Å². The van der Waals surface area contributed by atoms with Gasteiger partial charge in [0.05, 0.1) is 0 Å². The summed E-state index contributed by atoms with van der Waals surface area (Å²) in [5.41, 5.74) is 0.160. The summed E-state index contributed by atoms with van der Waals surface area (Å²) in [6.07, 6.45) is 0.0742. The molecule has 0 aliphatic carbocycles. The molecule has 0 saturated heterocycles. The summed E-state index contributed by atoms with van der Waals surface area (Å²) in [7, 11) is 0. The maximum absolute atomic E-state index is 12.0. The molecule has 0 radical (unpaired) electrons. The first kappa shape index (κ1) is 17.4. The van der Waals surface area contributed by atoms with Gasteiger partial charge in [-0.3, -0.25) is 9.59 Å². The molecule has 0 saturated carbocycles. The van der Waals surface area contributed by atoms with Gasteiger partial charge in [0.2, 0.25) is 0 Å². The summed E-state index contributed by atoms with van der Waals surface area (Å²) in [5, 5.41) is 11.4. The topological polar surface area (TPSA) is 110 Å². The molecule has 0 unspecified atom stereocenters. The van der Waals surface area contributed by atoms with Crippen molar-refractivity contribution in [2.24, 2.45) is 0 Å². The number of carbonyl (C=O) groups excluding carboxylic acids is 3. The van der Waals surface area contributed by atoms with Gasteiger partial charge in [-0.1, -0.05) is 6.07 Å². The summed E-state index contributed by atoms with van der Waals surface area (Å²) in [6.45, 7) is 2.58. The fourth-order valence-corrected chi connectivity index (χ4v) is 1.71. The Kier molecular flexibility index (Phi) is 6.25. The lowest BCUT2D eigenvalue weighted by Crippen LogP contribution is -2.41. The van der Waals surface area contributed by atoms with Crippen molar-refractivity contribution >= 4 is 23.6 Å². The van der Waals surface area contributed by atoms with Crippen molar-refractivity contribution in [2.45, 2.75) is 32.7 Å². The lowest BCUT2D eigenvalue weighted by molar-refractivity contribution is -0.139. The molecule has 22 heavy (non-hydrogen) atoms. The molecule has 2 N–H and O–H groups in total. The van der Waals surface area contributed by atoms with Gasteiger partial charge in [-0.15, -0.1) is 0 Å². The second kappa shape index (κ2) is 7.92. The Hall–Kier alpha value is -2.70. The number of hydrogen-bond donors (Lipinski definition) is 2. The number of hydrogen-bond acceptors (Lipinski definition) is 5. The molecular formula is C15H17NO6. The molecule has 0 aromatic heterocycles. The number of nitrogens with one attached hydrogen (secondary N) is 1. The molecule has 0 bridgehead atoms. The first-order valence-corrected chi connectivity index (χ1v) is 6.61. The van der Waals surface area contributed by atoms with E-state index in [0.29, 0.717) is 0 Å². The van der Waals surface area contributed by atoms with Gasteiger partial charge < -0.3 is 20.0 Å². The molecule has 7 heteroatoms. The summed E-state index contributed by atoms with van der Waals surface area (Å²) in [6, 6.07) is 4.65. The molecule has 7 nitrogen and oxygen atoms in total. The quantitative estimate of drug-likeness (QED) is 0.578. The van der Waals surface area contributed by atoms with Crippen LogP contribution in [0.5, 0.6) is 5.75 Å². The van der Waals surface area contributed by atoms with E-state index in [1.165, 1.54) is 38.1 Å². The van der Waals surface area contributed by atoms with E-state index in [1.54, 1.807) is 0 Å². The van der Waals surface area contributed by atoms with Crippen molar-refractivity contribution in [1.29, 1.82) is 0 Å². The van der Waals surface area contributed by atoms with Gasteiger partial charge in [0.1, 0.15) is 17.6 Å². The fraction of sp³-hybridized carbons (Fsp3) is 0.333. The van der Waals surface area contributed by atoms with Crippen molar-refractivity contribution in [2.75, 3.05) is 0 Å². The average molecular weight is 307 g/mol. The number of carboxylic acid groups (broad SMARTS) is 1. The predicted octanol–water partition coefficient (Wildman–Crippen LogP) is 1.16. The van der Waals surface area contributed by atoms with Crippen LogP contribution in [0.2, 0.25) is 0 Å². The van der Waals surface area contributed by atoms with E-state index in [2.05, 4.69) is 5.32 Å². The number of rotatable bonds is 7. The van der Waals surface area contributed by atoms with Crippen LogP contribution in [0.3, 0.4) is 0 Å². The number of amides is 1. The van der Waals surface area contributed by atoms with Crippen molar-refractivity contribution in [3.05, 3.63) is 29.8 Å². The maximum atomic E-state index is 12.0. The Morgan fingerprint density at radius 2 is 1.91 bits per heavy atom. The largest absolute Gasteiger partial charge is 0.480 e. The fourth-order valence-electron chi connectivity index (χ4n) is 1.71. The summed E-state index contributed by atoms with van der Waals surface area (Å²) >= 11 is 0. The number of Topliss-reactive ketones (excluding diaryl/α,β-unsaturated/α-hetero) is 1. The molecule has 1 aromatic rings. The molecule has 1 atom stereocenters. The Morgan fingerprint density at radius 1 is 1.23 bits per heavy atom. The van der Waals surface area contributed by atoms with Crippen LogP contribution in [0, 0.1) is 0 Å². The molecule has 0 heterocycles. The Balaban J connectivity index is 2.79. The molecule has 0 aliphatic heterocycles. The van der Waals surface area contributed by atoms with E-state index in [1.807, 2.05) is 0 Å². The van der Waals surface area contributed by atoms with Gasteiger partial charge in [-0.25, -0.2) is 4.79 Å². The smallest absolute Gasteiger partial charge is 0.326 e. The highest BCUT2D eigenvalue weighted by molar-refractivity contribution is 5.97. The normalized spacial score (nSPS) is 11.4. The second-order valence-electron chi connectivity index (χ2n) is 4.73. The number of carbonyl (C=O) groups is 4. The highest BCUT2D eigenvalue weighted by Crippen LogP contribution is 2.14. The molecule has 1 rings (SSSR count). The molecule has 118 valence electrons. The minimum atomic E-state index is -1.22. The van der Waals surface area contributed by atoms with Gasteiger partial charge in [-0.2, -0.15) is 0 Å². The molecule has 0 spiro atoms. The molecule has 0 fully saturated rings. The van der Waals surface area contributed by atoms with Crippen LogP contribution in [-0.2, 0) is 14.4 Å². The zero-order valence-corrected chi connectivity index (χ0v) is 12.3. The number of ether oxygens (including phenoxy) is 1. The first-order chi connectivity index (χ1) is 10.3. The number of esters is 1. The van der Waals surface area contributed by atoms with Gasteiger partial charge in [0.15, 0.2) is 0 Å². The number of aliphatic carboxylic acids is 1. The van der Waals surface area contributed by atoms with Crippen molar-refractivity contribution < 1.29 is 29.0 Å². The van der Waals surface area contributed by atoms with Crippen molar-refractivity contribution in [3.63, 3.8) is 0 Å². The van der Waals surface area contributed by atoms with Crippen LogP contribution in [0.15, 0.2) is 24.3 Å². The summed E-state index contributed by atoms with van der Waals surface area (Å²) in [5.74, 6) is -2.33. The average Bonchev–Trinajstić information content (AvgIpc) is 2.42. The van der Waals surface area contributed by atoms with E-state index < -0.39 is 23.9 Å². The van der Waals surface area contributed by atoms with Crippen molar-refractivity contribution in [3.8, 4) is 5.75 Å². The zero-order chi connectivity index (χ0) is 16.7. The lowest BCUT2D eigenvalue weighted by atomic mass is 10.1. The highest BCUT2D eigenvalue weighted by atomic mass is 16.5. The van der Waals surface area contributed by atoms with E-state index in [0.717, 1.165) is 0 Å². The second-order valence-corrected chi connectivity index (χ2v) is 4.73. The molecule has 0 aliphatic rings. The van der Waals surface area contributed by atoms with E-state index >= 15 is 0 Å². The summed E-state index contributed by atoms with van der Waals surface area (Å²) in [4.78, 5) is 44.9.